The molecule has 114 valence electrons. The van der Waals surface area contributed by atoms with E-state index in [0.29, 0.717) is 11.2 Å². The Morgan fingerprint density at radius 2 is 2.36 bits per heavy atom. The van der Waals surface area contributed by atoms with Crippen LogP contribution in [0.4, 0.5) is 0 Å². The molecule has 0 aromatic carbocycles. The third kappa shape index (κ3) is 2.43. The molecule has 3 aromatic rings. The molecule has 0 aliphatic rings. The normalized spacial score (nSPS) is 13.0. The molecule has 0 fully saturated rings. The first kappa shape index (κ1) is 15.2. The van der Waals surface area contributed by atoms with Gasteiger partial charge in [-0.3, -0.25) is 9.79 Å². The number of hydrogen-bond acceptors (Lipinski definition) is 6. The van der Waals surface area contributed by atoms with Gasteiger partial charge in [0.1, 0.15) is 5.52 Å². The minimum atomic E-state index is -0.176. The number of aliphatic imine (C=N–C) groups is 1. The van der Waals surface area contributed by atoms with E-state index in [-0.39, 0.29) is 12.1 Å². The first-order valence-electron chi connectivity index (χ1n) is 6.40. The van der Waals surface area contributed by atoms with Crippen molar-refractivity contribution in [2.75, 3.05) is 7.05 Å². The zero-order valence-corrected chi connectivity index (χ0v) is 14.9. The van der Waals surface area contributed by atoms with Gasteiger partial charge in [-0.2, -0.15) is 5.10 Å². The van der Waals surface area contributed by atoms with Crippen molar-refractivity contribution in [3.63, 3.8) is 0 Å². The summed E-state index contributed by atoms with van der Waals surface area (Å²) in [5, 5.41) is 5.06. The van der Waals surface area contributed by atoms with Crippen LogP contribution in [-0.4, -0.2) is 32.6 Å². The molecule has 22 heavy (non-hydrogen) atoms. The van der Waals surface area contributed by atoms with E-state index in [9.17, 15) is 4.79 Å². The Balaban J connectivity index is 2.18. The van der Waals surface area contributed by atoms with Gasteiger partial charge >= 0.3 is 0 Å². The molecule has 0 spiro atoms. The minimum Gasteiger partial charge on any atom is -0.400 e. The second kappa shape index (κ2) is 5.80. The fourth-order valence-corrected chi connectivity index (χ4v) is 4.00. The van der Waals surface area contributed by atoms with E-state index in [1.165, 1.54) is 4.68 Å². The van der Waals surface area contributed by atoms with Crippen LogP contribution in [0.5, 0.6) is 0 Å². The summed E-state index contributed by atoms with van der Waals surface area (Å²) in [4.78, 5) is 20.9. The molecule has 0 saturated carbocycles. The average Bonchev–Trinajstić information content (AvgIpc) is 2.98. The van der Waals surface area contributed by atoms with Crippen molar-refractivity contribution in [3.05, 3.63) is 31.3 Å². The van der Waals surface area contributed by atoms with Gasteiger partial charge < -0.3 is 10.3 Å². The Morgan fingerprint density at radius 3 is 3.09 bits per heavy atom. The van der Waals surface area contributed by atoms with Crippen LogP contribution in [0.3, 0.4) is 0 Å². The standard InChI is InChI=1S/C13H13IN6OS/c1-16-4-3-7(15)6-20-12(21)9-8(5-17-20)10-11(19(9)2)18-13(14)22-10/h3-5H,6,15H2,1-2H3. The van der Waals surface area contributed by atoms with Gasteiger partial charge in [0.05, 0.1) is 17.4 Å². The van der Waals surface area contributed by atoms with Gasteiger partial charge in [-0.1, -0.05) is 0 Å². The summed E-state index contributed by atoms with van der Waals surface area (Å²) < 4.78 is 5.10. The van der Waals surface area contributed by atoms with E-state index in [1.807, 2.05) is 11.6 Å². The molecule has 3 heterocycles. The Bertz CT molecular complexity index is 980. The molecule has 3 aromatic heterocycles. The third-order valence-electron chi connectivity index (χ3n) is 3.27. The minimum absolute atomic E-state index is 0.176. The predicted molar refractivity (Wildman–Crippen MR) is 97.6 cm³/mol. The van der Waals surface area contributed by atoms with Gasteiger partial charge in [0.2, 0.25) is 0 Å². The van der Waals surface area contributed by atoms with Crippen LogP contribution in [0.25, 0.3) is 21.3 Å². The first-order valence-corrected chi connectivity index (χ1v) is 8.29. The number of nitrogens with two attached hydrogens (primary N) is 1. The van der Waals surface area contributed by atoms with Crippen molar-refractivity contribution in [1.82, 2.24) is 19.3 Å². The monoisotopic (exact) mass is 428 g/mol. The number of hydrogen-bond donors (Lipinski definition) is 1. The first-order chi connectivity index (χ1) is 10.5. The second-order valence-electron chi connectivity index (χ2n) is 4.70. The molecule has 2 N–H and O–H groups in total. The molecule has 0 atom stereocenters. The summed E-state index contributed by atoms with van der Waals surface area (Å²) in [5.41, 5.74) is 7.61. The van der Waals surface area contributed by atoms with Gasteiger partial charge in [-0.05, 0) is 28.7 Å². The lowest BCUT2D eigenvalue weighted by Gasteiger charge is -2.05. The van der Waals surface area contributed by atoms with Crippen LogP contribution in [0.2, 0.25) is 0 Å². The number of aromatic nitrogens is 4. The van der Waals surface area contributed by atoms with Crippen molar-refractivity contribution in [2.45, 2.75) is 6.54 Å². The van der Waals surface area contributed by atoms with Gasteiger partial charge in [0, 0.05) is 31.4 Å². The van der Waals surface area contributed by atoms with Crippen molar-refractivity contribution >= 4 is 61.4 Å². The molecule has 7 nitrogen and oxygen atoms in total. The summed E-state index contributed by atoms with van der Waals surface area (Å²) in [5.74, 6) is 0. The fraction of sp³-hybridized carbons (Fsp3) is 0.231. The molecule has 0 aliphatic carbocycles. The van der Waals surface area contributed by atoms with Crippen molar-refractivity contribution in [2.24, 2.45) is 17.8 Å². The zero-order valence-electron chi connectivity index (χ0n) is 11.9. The topological polar surface area (TPSA) is 91.1 Å². The Morgan fingerprint density at radius 1 is 1.59 bits per heavy atom. The molecule has 0 saturated heterocycles. The van der Waals surface area contributed by atoms with Crippen LogP contribution < -0.4 is 11.3 Å². The smallest absolute Gasteiger partial charge is 0.291 e. The molecule has 0 unspecified atom stereocenters. The van der Waals surface area contributed by atoms with E-state index in [2.05, 4.69) is 37.7 Å². The number of aryl methyl sites for hydroxylation is 1. The predicted octanol–water partition coefficient (Wildman–Crippen LogP) is 1.49. The molecular weight excluding hydrogens is 415 g/mol. The van der Waals surface area contributed by atoms with E-state index >= 15 is 0 Å². The number of rotatable bonds is 3. The van der Waals surface area contributed by atoms with Crippen LogP contribution in [0.1, 0.15) is 0 Å². The number of allylic oxidation sites excluding steroid dienone is 2. The highest BCUT2D eigenvalue weighted by atomic mass is 127. The highest BCUT2D eigenvalue weighted by Gasteiger charge is 2.17. The number of fused-ring (bicyclic) bond motifs is 3. The third-order valence-corrected chi connectivity index (χ3v) is 5.04. The highest BCUT2D eigenvalue weighted by Crippen LogP contribution is 2.31. The van der Waals surface area contributed by atoms with Crippen LogP contribution >= 0.6 is 33.9 Å². The summed E-state index contributed by atoms with van der Waals surface area (Å²) in [7, 11) is 3.50. The summed E-state index contributed by atoms with van der Waals surface area (Å²) in [6.45, 7) is 0.227. The summed E-state index contributed by atoms with van der Waals surface area (Å²) in [6.07, 6.45) is 4.95. The van der Waals surface area contributed by atoms with Crippen LogP contribution in [0, 0.1) is 3.01 Å². The molecule has 0 aliphatic heterocycles. The van der Waals surface area contributed by atoms with Gasteiger partial charge in [0.15, 0.2) is 8.66 Å². The maximum absolute atomic E-state index is 12.6. The Hall–Kier alpha value is -1.75. The van der Waals surface area contributed by atoms with Crippen molar-refractivity contribution in [1.29, 1.82) is 0 Å². The highest BCUT2D eigenvalue weighted by molar-refractivity contribution is 14.1. The van der Waals surface area contributed by atoms with Crippen molar-refractivity contribution in [3.8, 4) is 0 Å². The lowest BCUT2D eigenvalue weighted by molar-refractivity contribution is 0.632. The zero-order chi connectivity index (χ0) is 15.9. The molecule has 3 rings (SSSR count). The Kier molecular flexibility index (Phi) is 4.00. The fourth-order valence-electron chi connectivity index (χ4n) is 2.27. The number of nitrogens with zero attached hydrogens (tertiary/aromatic N) is 5. The van der Waals surface area contributed by atoms with Crippen LogP contribution in [-0.2, 0) is 13.6 Å². The van der Waals surface area contributed by atoms with E-state index in [0.717, 1.165) is 18.7 Å². The largest absolute Gasteiger partial charge is 0.400 e. The maximum atomic E-state index is 12.6. The lowest BCUT2D eigenvalue weighted by Crippen LogP contribution is -2.26. The van der Waals surface area contributed by atoms with Gasteiger partial charge in [0.25, 0.3) is 5.56 Å². The average molecular weight is 428 g/mol. The van der Waals surface area contributed by atoms with E-state index in [4.69, 9.17) is 5.73 Å². The maximum Gasteiger partial charge on any atom is 0.291 e. The molecule has 0 amide bonds. The Labute approximate surface area is 143 Å². The molecule has 0 bridgehead atoms. The van der Waals surface area contributed by atoms with Crippen molar-refractivity contribution < 1.29 is 0 Å². The molecule has 0 radical (unpaired) electrons. The van der Waals surface area contributed by atoms with Gasteiger partial charge in [-0.25, -0.2) is 9.67 Å². The lowest BCUT2D eigenvalue weighted by atomic mass is 10.3. The van der Waals surface area contributed by atoms with Crippen LogP contribution in [0.15, 0.2) is 27.8 Å². The summed E-state index contributed by atoms with van der Waals surface area (Å²) >= 11 is 3.73. The quantitative estimate of drug-likeness (QED) is 0.506. The summed E-state index contributed by atoms with van der Waals surface area (Å²) in [6, 6.07) is 0. The second-order valence-corrected chi connectivity index (χ2v) is 7.45. The molecule has 9 heteroatoms. The van der Waals surface area contributed by atoms with Gasteiger partial charge in [-0.15, -0.1) is 11.3 Å². The number of thiazole rings is 1. The van der Waals surface area contributed by atoms with E-state index < -0.39 is 0 Å². The SMILES string of the molecule is CN=CC=C(N)Cn1ncc2c3sc(I)nc3n(C)c2c1=O. The molecular formula is C13H13IN6OS. The van der Waals surface area contributed by atoms with E-state index in [1.54, 1.807) is 36.9 Å². The number of halogens is 1.